The number of carbonyl (C=O) groups is 1. The van der Waals surface area contributed by atoms with E-state index in [-0.39, 0.29) is 17.2 Å². The molecule has 0 spiro atoms. The van der Waals surface area contributed by atoms with Crippen LogP contribution in [-0.4, -0.2) is 46.0 Å². The van der Waals surface area contributed by atoms with Crippen LogP contribution in [0.1, 0.15) is 71.0 Å². The minimum absolute atomic E-state index is 0.0190. The number of aromatic nitrogens is 3. The summed E-state index contributed by atoms with van der Waals surface area (Å²) in [6.45, 7) is 5.53. The van der Waals surface area contributed by atoms with Crippen molar-refractivity contribution in [2.24, 2.45) is 0 Å². The average molecular weight is 421 g/mol. The minimum Gasteiger partial charge on any atom is -0.444 e. The zero-order valence-corrected chi connectivity index (χ0v) is 17.9. The molecule has 0 aliphatic heterocycles. The molecule has 2 atom stereocenters. The minimum atomic E-state index is -3.25. The van der Waals surface area contributed by atoms with E-state index in [1.807, 2.05) is 25.2 Å². The van der Waals surface area contributed by atoms with E-state index in [2.05, 4.69) is 15.5 Å². The maximum absolute atomic E-state index is 12.5. The molecule has 1 amide bonds. The molecule has 0 aromatic carbocycles. The Bertz CT molecular complexity index is 1020. The van der Waals surface area contributed by atoms with Crippen molar-refractivity contribution in [3.8, 4) is 0 Å². The van der Waals surface area contributed by atoms with Crippen LogP contribution in [0.25, 0.3) is 5.65 Å². The van der Waals surface area contributed by atoms with Gasteiger partial charge in [0.1, 0.15) is 11.4 Å². The average Bonchev–Trinajstić information content (AvgIpc) is 3.40. The van der Waals surface area contributed by atoms with Gasteiger partial charge in [-0.05, 0) is 58.9 Å². The first-order valence-corrected chi connectivity index (χ1v) is 11.8. The Kier molecular flexibility index (Phi) is 5.04. The van der Waals surface area contributed by atoms with Crippen LogP contribution >= 0.6 is 0 Å². The maximum atomic E-state index is 12.5. The molecule has 0 radical (unpaired) electrons. The number of alkyl carbamates (subject to hydrolysis) is 1. The lowest BCUT2D eigenvalue weighted by Crippen LogP contribution is -2.41. The normalized spacial score (nSPS) is 23.1. The van der Waals surface area contributed by atoms with Gasteiger partial charge in [0.05, 0.1) is 10.1 Å². The molecular weight excluding hydrogens is 392 g/mol. The SMILES string of the molecule is CC(C)(C)OC(=O)N[C@@H]1CCC[C@H](c2nnc3cc(S(=O)(=O)C4CC4)ccn23)C1. The van der Waals surface area contributed by atoms with E-state index in [0.717, 1.165) is 44.3 Å². The summed E-state index contributed by atoms with van der Waals surface area (Å²) in [5.74, 6) is 0.954. The van der Waals surface area contributed by atoms with Crippen LogP contribution in [0.4, 0.5) is 4.79 Å². The Labute approximate surface area is 171 Å². The number of ether oxygens (including phenoxy) is 1. The number of pyridine rings is 1. The molecular formula is C20H28N4O4S. The fraction of sp³-hybridized carbons (Fsp3) is 0.650. The molecule has 158 valence electrons. The van der Waals surface area contributed by atoms with Crippen LogP contribution < -0.4 is 5.32 Å². The molecule has 2 heterocycles. The molecule has 0 unspecified atom stereocenters. The Balaban J connectivity index is 1.50. The molecule has 1 N–H and O–H groups in total. The molecule has 2 aliphatic carbocycles. The number of nitrogens with zero attached hydrogens (tertiary/aromatic N) is 3. The number of fused-ring (bicyclic) bond motifs is 1. The van der Waals surface area contributed by atoms with Crippen molar-refractivity contribution >= 4 is 21.6 Å². The van der Waals surface area contributed by atoms with E-state index < -0.39 is 21.5 Å². The predicted octanol–water partition coefficient (Wildman–Crippen LogP) is 3.22. The molecule has 4 rings (SSSR count). The molecule has 29 heavy (non-hydrogen) atoms. The second kappa shape index (κ2) is 7.27. The zero-order chi connectivity index (χ0) is 20.8. The van der Waals surface area contributed by atoms with Gasteiger partial charge in [0.25, 0.3) is 0 Å². The van der Waals surface area contributed by atoms with E-state index in [4.69, 9.17) is 4.74 Å². The van der Waals surface area contributed by atoms with Gasteiger partial charge in [-0.15, -0.1) is 10.2 Å². The molecule has 0 bridgehead atoms. The largest absolute Gasteiger partial charge is 0.444 e. The summed E-state index contributed by atoms with van der Waals surface area (Å²) < 4.78 is 32.2. The van der Waals surface area contributed by atoms with E-state index in [0.29, 0.717) is 10.5 Å². The van der Waals surface area contributed by atoms with Crippen molar-refractivity contribution < 1.29 is 17.9 Å². The third kappa shape index (κ3) is 4.39. The standard InChI is InChI=1S/C20H28N4O4S/c1-20(2,3)28-19(25)21-14-6-4-5-13(11-14)18-23-22-17-12-16(9-10-24(17)18)29(26,27)15-7-8-15/h9-10,12-15H,4-8,11H2,1-3H3,(H,21,25)/t13-,14+/m0/s1. The summed E-state index contributed by atoms with van der Waals surface area (Å²) in [6.07, 6.45) is 6.40. The number of sulfone groups is 1. The summed E-state index contributed by atoms with van der Waals surface area (Å²) in [6, 6.07) is 3.28. The Morgan fingerprint density at radius 1 is 1.21 bits per heavy atom. The van der Waals surface area contributed by atoms with E-state index in [9.17, 15) is 13.2 Å². The summed E-state index contributed by atoms with van der Waals surface area (Å²) in [7, 11) is -3.25. The van der Waals surface area contributed by atoms with Crippen molar-refractivity contribution in [3.63, 3.8) is 0 Å². The van der Waals surface area contributed by atoms with E-state index >= 15 is 0 Å². The van der Waals surface area contributed by atoms with Gasteiger partial charge in [0.2, 0.25) is 0 Å². The topological polar surface area (TPSA) is 103 Å². The van der Waals surface area contributed by atoms with Gasteiger partial charge in [0, 0.05) is 24.2 Å². The number of amides is 1. The Morgan fingerprint density at radius 3 is 2.66 bits per heavy atom. The van der Waals surface area contributed by atoms with Crippen LogP contribution in [0.3, 0.4) is 0 Å². The fourth-order valence-electron chi connectivity index (χ4n) is 3.95. The van der Waals surface area contributed by atoms with E-state index in [1.54, 1.807) is 18.3 Å². The van der Waals surface area contributed by atoms with Gasteiger partial charge >= 0.3 is 6.09 Å². The van der Waals surface area contributed by atoms with Crippen LogP contribution in [0.15, 0.2) is 23.2 Å². The summed E-state index contributed by atoms with van der Waals surface area (Å²) in [4.78, 5) is 12.4. The molecule has 2 aromatic heterocycles. The van der Waals surface area contributed by atoms with Crippen molar-refractivity contribution in [3.05, 3.63) is 24.2 Å². The first kappa shape index (κ1) is 20.1. The second-order valence-electron chi connectivity index (χ2n) is 9.10. The molecule has 8 nitrogen and oxygen atoms in total. The molecule has 2 saturated carbocycles. The van der Waals surface area contributed by atoms with Gasteiger partial charge in [-0.1, -0.05) is 6.42 Å². The molecule has 0 saturated heterocycles. The lowest BCUT2D eigenvalue weighted by atomic mass is 9.85. The predicted molar refractivity (Wildman–Crippen MR) is 108 cm³/mol. The number of rotatable bonds is 4. The Hall–Kier alpha value is -2.16. The maximum Gasteiger partial charge on any atom is 0.407 e. The summed E-state index contributed by atoms with van der Waals surface area (Å²) >= 11 is 0. The quantitative estimate of drug-likeness (QED) is 0.815. The van der Waals surface area contributed by atoms with Crippen LogP contribution in [0, 0.1) is 0 Å². The fourth-order valence-corrected chi connectivity index (χ4v) is 5.61. The van der Waals surface area contributed by atoms with Crippen molar-refractivity contribution in [2.75, 3.05) is 0 Å². The molecule has 9 heteroatoms. The monoisotopic (exact) mass is 420 g/mol. The highest BCUT2D eigenvalue weighted by Crippen LogP contribution is 2.35. The van der Waals surface area contributed by atoms with Gasteiger partial charge in [0.15, 0.2) is 15.5 Å². The summed E-state index contributed by atoms with van der Waals surface area (Å²) in [5, 5.41) is 11.3. The second-order valence-corrected chi connectivity index (χ2v) is 11.3. The van der Waals surface area contributed by atoms with Gasteiger partial charge < -0.3 is 10.1 Å². The van der Waals surface area contributed by atoms with Crippen LogP contribution in [-0.2, 0) is 14.6 Å². The molecule has 2 aliphatic rings. The first-order valence-electron chi connectivity index (χ1n) is 10.2. The highest BCUT2D eigenvalue weighted by atomic mass is 32.2. The Morgan fingerprint density at radius 2 is 1.97 bits per heavy atom. The van der Waals surface area contributed by atoms with Crippen molar-refractivity contribution in [1.29, 1.82) is 0 Å². The summed E-state index contributed by atoms with van der Waals surface area (Å²) in [5.41, 5.74) is 0.0174. The first-order chi connectivity index (χ1) is 13.6. The smallest absolute Gasteiger partial charge is 0.407 e. The molecule has 2 aromatic rings. The third-order valence-electron chi connectivity index (χ3n) is 5.46. The highest BCUT2D eigenvalue weighted by Gasteiger charge is 2.37. The number of hydrogen-bond donors (Lipinski definition) is 1. The zero-order valence-electron chi connectivity index (χ0n) is 17.1. The van der Waals surface area contributed by atoms with E-state index in [1.165, 1.54) is 0 Å². The number of carbonyl (C=O) groups excluding carboxylic acids is 1. The van der Waals surface area contributed by atoms with Gasteiger partial charge in [-0.2, -0.15) is 0 Å². The van der Waals surface area contributed by atoms with Crippen molar-refractivity contribution in [1.82, 2.24) is 19.9 Å². The lowest BCUT2D eigenvalue weighted by Gasteiger charge is -2.30. The number of hydrogen-bond acceptors (Lipinski definition) is 6. The third-order valence-corrected chi connectivity index (χ3v) is 7.72. The highest BCUT2D eigenvalue weighted by molar-refractivity contribution is 7.92. The van der Waals surface area contributed by atoms with Crippen molar-refractivity contribution in [2.45, 2.75) is 87.0 Å². The van der Waals surface area contributed by atoms with Crippen LogP contribution in [0.5, 0.6) is 0 Å². The van der Waals surface area contributed by atoms with Crippen LogP contribution in [0.2, 0.25) is 0 Å². The number of nitrogens with one attached hydrogen (secondary N) is 1. The van der Waals surface area contributed by atoms with Gasteiger partial charge in [-0.25, -0.2) is 13.2 Å². The van der Waals surface area contributed by atoms with Gasteiger partial charge in [-0.3, -0.25) is 4.40 Å². The molecule has 2 fully saturated rings. The lowest BCUT2D eigenvalue weighted by molar-refractivity contribution is 0.0490.